The highest BCUT2D eigenvalue weighted by atomic mass is 16.2. The van der Waals surface area contributed by atoms with Gasteiger partial charge in [0.05, 0.1) is 0 Å². The molecule has 3 aliphatic rings. The van der Waals surface area contributed by atoms with Crippen molar-refractivity contribution >= 4 is 23.5 Å². The molecule has 2 aliphatic heterocycles. The molecule has 1 aromatic rings. The van der Waals surface area contributed by atoms with Gasteiger partial charge < -0.3 is 10.2 Å². The Bertz CT molecular complexity index is 790. The lowest BCUT2D eigenvalue weighted by molar-refractivity contribution is -0.132. The van der Waals surface area contributed by atoms with Crippen LogP contribution in [0.5, 0.6) is 0 Å². The number of likely N-dealkylation sites (N-methyl/N-ethyl adjacent to an activating group) is 1. The van der Waals surface area contributed by atoms with Crippen molar-refractivity contribution in [3.63, 3.8) is 0 Å². The number of carbonyl (C=O) groups excluding carboxylic acids is 2. The van der Waals surface area contributed by atoms with Gasteiger partial charge in [-0.15, -0.1) is 0 Å². The highest BCUT2D eigenvalue weighted by Gasteiger charge is 2.60. The van der Waals surface area contributed by atoms with Gasteiger partial charge in [0, 0.05) is 31.2 Å². The van der Waals surface area contributed by atoms with Gasteiger partial charge in [-0.3, -0.25) is 14.7 Å². The molecule has 138 valence electrons. The van der Waals surface area contributed by atoms with E-state index in [0.29, 0.717) is 25.6 Å². The second-order valence-corrected chi connectivity index (χ2v) is 7.69. The summed E-state index contributed by atoms with van der Waals surface area (Å²) in [5, 5.41) is 3.02. The molecule has 1 saturated carbocycles. The number of fused-ring (bicyclic) bond motifs is 2. The predicted octanol–water partition coefficient (Wildman–Crippen LogP) is 2.89. The summed E-state index contributed by atoms with van der Waals surface area (Å²) in [7, 11) is 0. The molecule has 1 N–H and O–H groups in total. The first-order valence-corrected chi connectivity index (χ1v) is 9.46. The van der Waals surface area contributed by atoms with Crippen LogP contribution in [0.1, 0.15) is 32.3 Å². The summed E-state index contributed by atoms with van der Waals surface area (Å²) >= 11 is 0. The van der Waals surface area contributed by atoms with E-state index in [9.17, 15) is 9.59 Å². The van der Waals surface area contributed by atoms with Crippen molar-refractivity contribution in [2.75, 3.05) is 25.0 Å². The zero-order valence-electron chi connectivity index (χ0n) is 15.7. The number of amides is 3. The van der Waals surface area contributed by atoms with Gasteiger partial charge in [-0.1, -0.05) is 18.2 Å². The van der Waals surface area contributed by atoms with Gasteiger partial charge in [-0.25, -0.2) is 4.79 Å². The van der Waals surface area contributed by atoms with Crippen LogP contribution in [0.2, 0.25) is 0 Å². The summed E-state index contributed by atoms with van der Waals surface area (Å²) in [5.74, 6) is 1.44. The molecule has 1 spiro atoms. The maximum atomic E-state index is 13.0. The Hall–Kier alpha value is -2.37. The van der Waals surface area contributed by atoms with E-state index < -0.39 is 5.54 Å². The lowest BCUT2D eigenvalue weighted by Gasteiger charge is -2.28. The molecule has 3 atom stereocenters. The van der Waals surface area contributed by atoms with Crippen LogP contribution >= 0.6 is 0 Å². The van der Waals surface area contributed by atoms with E-state index in [1.165, 1.54) is 0 Å². The number of urea groups is 1. The Labute approximate surface area is 154 Å². The number of aliphatic imine (C=N–C) groups is 1. The van der Waals surface area contributed by atoms with Crippen molar-refractivity contribution in [2.24, 2.45) is 16.8 Å². The summed E-state index contributed by atoms with van der Waals surface area (Å²) in [6.45, 7) is 7.85. The van der Waals surface area contributed by atoms with Crippen LogP contribution in [0, 0.1) is 18.8 Å². The monoisotopic (exact) mass is 354 g/mol. The summed E-state index contributed by atoms with van der Waals surface area (Å²) in [4.78, 5) is 34.2. The van der Waals surface area contributed by atoms with E-state index in [-0.39, 0.29) is 17.9 Å². The van der Waals surface area contributed by atoms with Crippen LogP contribution in [-0.2, 0) is 4.79 Å². The normalized spacial score (nSPS) is 30.1. The van der Waals surface area contributed by atoms with E-state index in [4.69, 9.17) is 4.99 Å². The summed E-state index contributed by atoms with van der Waals surface area (Å²) in [6.07, 6.45) is 1.77. The predicted molar refractivity (Wildman–Crippen MR) is 101 cm³/mol. The van der Waals surface area contributed by atoms with Crippen molar-refractivity contribution in [3.05, 3.63) is 29.8 Å². The third-order valence-corrected chi connectivity index (χ3v) is 6.31. The lowest BCUT2D eigenvalue weighted by Crippen LogP contribution is -2.47. The molecule has 6 heteroatoms. The van der Waals surface area contributed by atoms with Gasteiger partial charge in [0.2, 0.25) is 0 Å². The number of rotatable bonds is 2. The minimum atomic E-state index is -0.636. The number of hydrogen-bond acceptors (Lipinski definition) is 3. The number of likely N-dealkylation sites (tertiary alicyclic amines) is 1. The minimum Gasteiger partial charge on any atom is -0.324 e. The van der Waals surface area contributed by atoms with Gasteiger partial charge in [-0.2, -0.15) is 0 Å². The maximum absolute atomic E-state index is 13.0. The summed E-state index contributed by atoms with van der Waals surface area (Å²) in [5.41, 5.74) is 1.25. The van der Waals surface area contributed by atoms with Gasteiger partial charge in [0.1, 0.15) is 11.4 Å². The molecule has 2 heterocycles. The number of carbonyl (C=O) groups is 2. The number of nitrogens with one attached hydrogen (secondary N) is 1. The molecule has 0 aromatic heterocycles. The largest absolute Gasteiger partial charge is 0.324 e. The summed E-state index contributed by atoms with van der Waals surface area (Å²) in [6, 6.07) is 7.70. The third-order valence-electron chi connectivity index (χ3n) is 6.31. The number of para-hydroxylation sites is 1. The number of benzene rings is 1. The first-order chi connectivity index (χ1) is 12.5. The number of nitrogens with zero attached hydrogens (tertiary/aromatic N) is 3. The minimum absolute atomic E-state index is 0.0812. The van der Waals surface area contributed by atoms with Crippen molar-refractivity contribution in [2.45, 2.75) is 39.2 Å². The number of anilines is 1. The Morgan fingerprint density at radius 1 is 1.31 bits per heavy atom. The zero-order chi connectivity index (χ0) is 18.5. The second-order valence-electron chi connectivity index (χ2n) is 7.69. The van der Waals surface area contributed by atoms with E-state index in [0.717, 1.165) is 29.9 Å². The lowest BCUT2D eigenvalue weighted by atomic mass is 9.85. The standard InChI is InChI=1S/C20H26N4O2/c1-4-24-14(3)22-20(18(24)25)10-9-15-11-23(12-16(15)20)19(26)21-17-8-6-5-7-13(17)2/h5-8,15-16H,4,9-12H2,1-3H3,(H,21,26)/t15-,16+,20-/m1/s1. The van der Waals surface area contributed by atoms with Crippen molar-refractivity contribution in [3.8, 4) is 0 Å². The quantitative estimate of drug-likeness (QED) is 0.887. The molecular formula is C20H26N4O2. The molecule has 2 fully saturated rings. The number of hydrogen-bond donors (Lipinski definition) is 1. The fourth-order valence-electron chi connectivity index (χ4n) is 4.92. The van der Waals surface area contributed by atoms with Gasteiger partial charge in [0.25, 0.3) is 5.91 Å². The van der Waals surface area contributed by atoms with E-state index in [1.54, 1.807) is 4.90 Å². The van der Waals surface area contributed by atoms with Crippen LogP contribution in [0.25, 0.3) is 0 Å². The molecule has 1 aromatic carbocycles. The van der Waals surface area contributed by atoms with Crippen LogP contribution in [-0.4, -0.2) is 52.7 Å². The van der Waals surface area contributed by atoms with Crippen LogP contribution in [0.15, 0.2) is 29.3 Å². The topological polar surface area (TPSA) is 65.0 Å². The highest BCUT2D eigenvalue weighted by Crippen LogP contribution is 2.50. The average molecular weight is 354 g/mol. The zero-order valence-corrected chi connectivity index (χ0v) is 15.7. The fourth-order valence-corrected chi connectivity index (χ4v) is 4.92. The number of amidine groups is 1. The van der Waals surface area contributed by atoms with Gasteiger partial charge in [-0.05, 0) is 51.2 Å². The first-order valence-electron chi connectivity index (χ1n) is 9.46. The molecule has 6 nitrogen and oxygen atoms in total. The average Bonchev–Trinajstić information content (AvgIpc) is 3.25. The van der Waals surface area contributed by atoms with Crippen molar-refractivity contribution in [1.82, 2.24) is 9.80 Å². The summed E-state index contributed by atoms with van der Waals surface area (Å²) < 4.78 is 0. The van der Waals surface area contributed by atoms with Crippen LogP contribution in [0.4, 0.5) is 10.5 Å². The molecule has 1 saturated heterocycles. The molecule has 0 unspecified atom stereocenters. The molecule has 3 amide bonds. The van der Waals surface area contributed by atoms with Crippen LogP contribution < -0.4 is 5.32 Å². The Balaban J connectivity index is 1.51. The number of aryl methyl sites for hydroxylation is 1. The first kappa shape index (κ1) is 17.1. The Kier molecular flexibility index (Phi) is 4.01. The van der Waals surface area contributed by atoms with Crippen molar-refractivity contribution in [1.29, 1.82) is 0 Å². The molecule has 0 radical (unpaired) electrons. The van der Waals surface area contributed by atoms with E-state index >= 15 is 0 Å². The molecule has 26 heavy (non-hydrogen) atoms. The third kappa shape index (κ3) is 2.42. The maximum Gasteiger partial charge on any atom is 0.321 e. The Morgan fingerprint density at radius 3 is 2.77 bits per heavy atom. The fraction of sp³-hybridized carbons (Fsp3) is 0.550. The van der Waals surface area contributed by atoms with Gasteiger partial charge >= 0.3 is 6.03 Å². The molecule has 1 aliphatic carbocycles. The molecule has 4 rings (SSSR count). The Morgan fingerprint density at radius 2 is 2.08 bits per heavy atom. The SMILES string of the molecule is CCN1C(=O)[C@]2(CC[C@@H]3CN(C(=O)Nc4ccccc4C)C[C@@H]32)N=C1C. The second kappa shape index (κ2) is 6.11. The smallest absolute Gasteiger partial charge is 0.321 e. The van der Waals surface area contributed by atoms with Gasteiger partial charge in [0.15, 0.2) is 0 Å². The van der Waals surface area contributed by atoms with E-state index in [1.807, 2.05) is 49.9 Å². The van der Waals surface area contributed by atoms with Crippen LogP contribution in [0.3, 0.4) is 0 Å². The highest BCUT2D eigenvalue weighted by molar-refractivity contribution is 6.07. The molecule has 0 bridgehead atoms. The van der Waals surface area contributed by atoms with E-state index in [2.05, 4.69) is 5.32 Å². The van der Waals surface area contributed by atoms with Crippen molar-refractivity contribution < 1.29 is 9.59 Å². The molecular weight excluding hydrogens is 328 g/mol.